The van der Waals surface area contributed by atoms with E-state index >= 15 is 0 Å². The lowest BCUT2D eigenvalue weighted by Crippen LogP contribution is -2.23. The van der Waals surface area contributed by atoms with E-state index in [2.05, 4.69) is 23.2 Å². The van der Waals surface area contributed by atoms with Gasteiger partial charge in [0.1, 0.15) is 5.75 Å². The molecule has 4 nitrogen and oxygen atoms in total. The minimum absolute atomic E-state index is 0.222. The van der Waals surface area contributed by atoms with Gasteiger partial charge in [0.25, 0.3) is 5.91 Å². The molecule has 0 heterocycles. The lowest BCUT2D eigenvalue weighted by Gasteiger charge is -2.22. The van der Waals surface area contributed by atoms with Crippen LogP contribution in [0.15, 0.2) is 53.2 Å². The molecule has 0 fully saturated rings. The van der Waals surface area contributed by atoms with Gasteiger partial charge in [0.15, 0.2) is 0 Å². The van der Waals surface area contributed by atoms with Crippen molar-refractivity contribution in [3.05, 3.63) is 53.6 Å². The van der Waals surface area contributed by atoms with Crippen LogP contribution in [-0.2, 0) is 0 Å². The second kappa shape index (κ2) is 7.07. The van der Waals surface area contributed by atoms with Crippen molar-refractivity contribution in [2.45, 2.75) is 26.7 Å². The summed E-state index contributed by atoms with van der Waals surface area (Å²) in [6.07, 6.45) is 3.97. The number of benzene rings is 1. The largest absolute Gasteiger partial charge is 0.497 e. The summed E-state index contributed by atoms with van der Waals surface area (Å²) in [4.78, 5) is 12.1. The molecule has 4 heteroatoms. The molecule has 1 aliphatic carbocycles. The van der Waals surface area contributed by atoms with Gasteiger partial charge in [0, 0.05) is 5.56 Å². The van der Waals surface area contributed by atoms with E-state index in [0.717, 1.165) is 35.4 Å². The Bertz CT molecular complexity index is 627. The zero-order valence-electron chi connectivity index (χ0n) is 13.3. The molecule has 0 spiro atoms. The summed E-state index contributed by atoms with van der Waals surface area (Å²) < 4.78 is 5.08. The van der Waals surface area contributed by atoms with Crippen molar-refractivity contribution in [1.29, 1.82) is 0 Å². The molecule has 1 atom stereocenters. The van der Waals surface area contributed by atoms with Crippen molar-refractivity contribution in [2.24, 2.45) is 11.0 Å². The Morgan fingerprint density at radius 3 is 2.64 bits per heavy atom. The smallest absolute Gasteiger partial charge is 0.271 e. The highest BCUT2D eigenvalue weighted by Crippen LogP contribution is 2.26. The third-order valence-electron chi connectivity index (χ3n) is 3.95. The van der Waals surface area contributed by atoms with Gasteiger partial charge >= 0.3 is 0 Å². The SMILES string of the molecule is C=C(C)C1CC=C(C)/C(=N/NC(=O)c2ccc(OC)cc2)C1. The van der Waals surface area contributed by atoms with E-state index < -0.39 is 0 Å². The average molecular weight is 298 g/mol. The monoisotopic (exact) mass is 298 g/mol. The van der Waals surface area contributed by atoms with E-state index in [1.165, 1.54) is 0 Å². The van der Waals surface area contributed by atoms with Crippen molar-refractivity contribution < 1.29 is 9.53 Å². The molecule has 22 heavy (non-hydrogen) atoms. The van der Waals surface area contributed by atoms with Crippen LogP contribution in [0.25, 0.3) is 0 Å². The molecule has 2 rings (SSSR count). The molecule has 0 bridgehead atoms. The van der Waals surface area contributed by atoms with Gasteiger partial charge in [-0.25, -0.2) is 5.43 Å². The fourth-order valence-electron chi connectivity index (χ4n) is 2.35. The molecule has 0 saturated heterocycles. The van der Waals surface area contributed by atoms with Gasteiger partial charge in [-0.1, -0.05) is 18.2 Å². The quantitative estimate of drug-likeness (QED) is 0.680. The maximum Gasteiger partial charge on any atom is 0.271 e. The summed E-state index contributed by atoms with van der Waals surface area (Å²) >= 11 is 0. The zero-order chi connectivity index (χ0) is 16.1. The molecule has 0 radical (unpaired) electrons. The predicted molar refractivity (Wildman–Crippen MR) is 89.2 cm³/mol. The van der Waals surface area contributed by atoms with Gasteiger partial charge in [-0.2, -0.15) is 5.10 Å². The Kier molecular flexibility index (Phi) is 5.15. The highest BCUT2D eigenvalue weighted by molar-refractivity contribution is 6.02. The van der Waals surface area contributed by atoms with Crippen LogP contribution in [0.4, 0.5) is 0 Å². The molecule has 1 aliphatic rings. The van der Waals surface area contributed by atoms with Crippen LogP contribution in [0.3, 0.4) is 0 Å². The number of nitrogens with zero attached hydrogens (tertiary/aromatic N) is 1. The third-order valence-corrected chi connectivity index (χ3v) is 3.95. The van der Waals surface area contributed by atoms with Crippen molar-refractivity contribution in [2.75, 3.05) is 7.11 Å². The zero-order valence-corrected chi connectivity index (χ0v) is 13.3. The van der Waals surface area contributed by atoms with Crippen LogP contribution < -0.4 is 10.2 Å². The summed E-state index contributed by atoms with van der Waals surface area (Å²) in [5.41, 5.74) is 6.38. The van der Waals surface area contributed by atoms with Crippen LogP contribution in [0.1, 0.15) is 37.0 Å². The van der Waals surface area contributed by atoms with E-state index in [1.807, 2.05) is 13.8 Å². The summed E-state index contributed by atoms with van der Waals surface area (Å²) in [7, 11) is 1.59. The Labute approximate surface area is 131 Å². The van der Waals surface area contributed by atoms with Crippen LogP contribution in [-0.4, -0.2) is 18.7 Å². The van der Waals surface area contributed by atoms with Crippen LogP contribution >= 0.6 is 0 Å². The van der Waals surface area contributed by atoms with Gasteiger partial charge < -0.3 is 4.74 Å². The number of methoxy groups -OCH3 is 1. The number of hydrazone groups is 1. The number of hydrogen-bond donors (Lipinski definition) is 1. The van der Waals surface area contributed by atoms with Gasteiger partial charge in [-0.3, -0.25) is 4.79 Å². The minimum Gasteiger partial charge on any atom is -0.497 e. The van der Waals surface area contributed by atoms with E-state index in [9.17, 15) is 4.79 Å². The highest BCUT2D eigenvalue weighted by atomic mass is 16.5. The van der Waals surface area contributed by atoms with Crippen LogP contribution in [0, 0.1) is 5.92 Å². The lowest BCUT2D eigenvalue weighted by atomic mass is 9.85. The topological polar surface area (TPSA) is 50.7 Å². The van der Waals surface area contributed by atoms with Gasteiger partial charge in [-0.15, -0.1) is 0 Å². The molecule has 1 N–H and O–H groups in total. The average Bonchev–Trinajstić information content (AvgIpc) is 2.53. The second-order valence-corrected chi connectivity index (χ2v) is 5.60. The molecule has 1 aromatic carbocycles. The number of carbonyl (C=O) groups excluding carboxylic acids is 1. The highest BCUT2D eigenvalue weighted by Gasteiger charge is 2.18. The Morgan fingerprint density at radius 2 is 2.05 bits per heavy atom. The first kappa shape index (κ1) is 16.0. The molecule has 1 unspecified atom stereocenters. The number of rotatable bonds is 4. The maximum absolute atomic E-state index is 12.1. The van der Waals surface area contributed by atoms with E-state index in [1.54, 1.807) is 31.4 Å². The molecule has 0 aromatic heterocycles. The number of carbonyl (C=O) groups is 1. The fraction of sp³-hybridized carbons (Fsp3) is 0.333. The molecule has 1 aromatic rings. The molecule has 0 saturated carbocycles. The third kappa shape index (κ3) is 3.85. The first-order chi connectivity index (χ1) is 10.5. The van der Waals surface area contributed by atoms with E-state index in [0.29, 0.717) is 11.5 Å². The predicted octanol–water partition coefficient (Wildman–Crippen LogP) is 3.71. The maximum atomic E-state index is 12.1. The van der Waals surface area contributed by atoms with Gasteiger partial charge in [0.05, 0.1) is 12.8 Å². The standard InChI is InChI=1S/C18H22N2O2/c1-12(2)15-6-5-13(3)17(11-15)19-20-18(21)14-7-9-16(22-4)10-8-14/h5,7-10,15H,1,6,11H2,2-4H3,(H,20,21)/b19-17+. The molecular formula is C18H22N2O2. The van der Waals surface area contributed by atoms with Crippen LogP contribution in [0.5, 0.6) is 5.75 Å². The first-order valence-corrected chi connectivity index (χ1v) is 7.34. The number of nitrogens with one attached hydrogen (secondary N) is 1. The van der Waals surface area contributed by atoms with Gasteiger partial charge in [-0.05, 0) is 62.4 Å². The Hall–Kier alpha value is -2.36. The molecule has 0 aliphatic heterocycles. The van der Waals surface area contributed by atoms with Crippen molar-refractivity contribution in [3.63, 3.8) is 0 Å². The minimum atomic E-state index is -0.222. The summed E-state index contributed by atoms with van der Waals surface area (Å²) in [6, 6.07) is 6.94. The molecule has 1 amide bonds. The normalized spacial score (nSPS) is 19.5. The lowest BCUT2D eigenvalue weighted by molar-refractivity contribution is 0.0954. The Balaban J connectivity index is 2.06. The number of amides is 1. The fourth-order valence-corrected chi connectivity index (χ4v) is 2.35. The van der Waals surface area contributed by atoms with Crippen LogP contribution in [0.2, 0.25) is 0 Å². The summed E-state index contributed by atoms with van der Waals surface area (Å²) in [5, 5.41) is 4.29. The number of hydrogen-bond acceptors (Lipinski definition) is 3. The summed E-state index contributed by atoms with van der Waals surface area (Å²) in [6.45, 7) is 8.07. The van der Waals surface area contributed by atoms with Crippen molar-refractivity contribution >= 4 is 11.6 Å². The van der Waals surface area contributed by atoms with Gasteiger partial charge in [0.2, 0.25) is 0 Å². The van der Waals surface area contributed by atoms with Crippen molar-refractivity contribution in [1.82, 2.24) is 5.43 Å². The van der Waals surface area contributed by atoms with E-state index in [4.69, 9.17) is 4.74 Å². The molecule has 116 valence electrons. The number of ether oxygens (including phenoxy) is 1. The Morgan fingerprint density at radius 1 is 1.36 bits per heavy atom. The van der Waals surface area contributed by atoms with E-state index in [-0.39, 0.29) is 5.91 Å². The molecular weight excluding hydrogens is 276 g/mol. The first-order valence-electron chi connectivity index (χ1n) is 7.34. The second-order valence-electron chi connectivity index (χ2n) is 5.60. The summed E-state index contributed by atoms with van der Waals surface area (Å²) in [5.74, 6) is 0.902. The van der Waals surface area contributed by atoms with Crippen molar-refractivity contribution in [3.8, 4) is 5.75 Å². The number of allylic oxidation sites excluding steroid dienone is 3.